The molecule has 6 heteroatoms. The topological polar surface area (TPSA) is 92.5 Å². The van der Waals surface area contributed by atoms with Gasteiger partial charge in [0.1, 0.15) is 5.75 Å². The zero-order chi connectivity index (χ0) is 15.2. The summed E-state index contributed by atoms with van der Waals surface area (Å²) < 4.78 is 0. The van der Waals surface area contributed by atoms with E-state index in [4.69, 9.17) is 0 Å². The van der Waals surface area contributed by atoms with Gasteiger partial charge in [-0.3, -0.25) is 14.9 Å². The highest BCUT2D eigenvalue weighted by Crippen LogP contribution is 2.18. The minimum Gasteiger partial charge on any atom is -0.508 e. The maximum Gasteiger partial charge on any atom is 0.273 e. The van der Waals surface area contributed by atoms with Crippen molar-refractivity contribution in [2.45, 2.75) is 13.0 Å². The molecule has 21 heavy (non-hydrogen) atoms. The van der Waals surface area contributed by atoms with Gasteiger partial charge in [0, 0.05) is 18.2 Å². The van der Waals surface area contributed by atoms with Crippen LogP contribution in [0.3, 0.4) is 0 Å². The van der Waals surface area contributed by atoms with Gasteiger partial charge in [0.25, 0.3) is 5.69 Å². The Morgan fingerprint density at radius 2 is 1.95 bits per heavy atom. The van der Waals surface area contributed by atoms with Crippen molar-refractivity contribution in [2.75, 3.05) is 0 Å². The van der Waals surface area contributed by atoms with Crippen molar-refractivity contribution in [2.24, 2.45) is 0 Å². The Kier molecular flexibility index (Phi) is 4.50. The number of hydrogen-bond acceptors (Lipinski definition) is 4. The van der Waals surface area contributed by atoms with Gasteiger partial charge in [0.15, 0.2) is 0 Å². The first-order valence-electron chi connectivity index (χ1n) is 6.33. The zero-order valence-electron chi connectivity index (χ0n) is 11.2. The van der Waals surface area contributed by atoms with Crippen molar-refractivity contribution in [3.63, 3.8) is 0 Å². The van der Waals surface area contributed by atoms with Gasteiger partial charge in [0.05, 0.1) is 11.3 Å². The van der Waals surface area contributed by atoms with E-state index in [0.717, 1.165) is 5.56 Å². The van der Waals surface area contributed by atoms with Crippen LogP contribution in [0.4, 0.5) is 5.69 Å². The second-order valence-corrected chi connectivity index (χ2v) is 4.51. The molecule has 0 spiro atoms. The molecule has 0 saturated carbocycles. The number of para-hydroxylation sites is 1. The maximum atomic E-state index is 11.8. The lowest BCUT2D eigenvalue weighted by Gasteiger charge is -2.06. The van der Waals surface area contributed by atoms with E-state index in [-0.39, 0.29) is 30.3 Å². The summed E-state index contributed by atoms with van der Waals surface area (Å²) in [5.74, 6) is -0.187. The third-order valence-corrected chi connectivity index (χ3v) is 2.94. The predicted octanol–water partition coefficient (Wildman–Crippen LogP) is 2.16. The van der Waals surface area contributed by atoms with Gasteiger partial charge in [-0.15, -0.1) is 0 Å². The number of phenolic OH excluding ortho intramolecular Hbond substituents is 1. The number of carbonyl (C=O) groups is 1. The van der Waals surface area contributed by atoms with Gasteiger partial charge in [-0.25, -0.2) is 0 Å². The van der Waals surface area contributed by atoms with Crippen LogP contribution in [0.15, 0.2) is 48.5 Å². The molecule has 0 bridgehead atoms. The van der Waals surface area contributed by atoms with Crippen LogP contribution in [0.1, 0.15) is 11.1 Å². The summed E-state index contributed by atoms with van der Waals surface area (Å²) >= 11 is 0. The van der Waals surface area contributed by atoms with Crippen molar-refractivity contribution in [1.29, 1.82) is 0 Å². The zero-order valence-corrected chi connectivity index (χ0v) is 11.2. The minimum atomic E-state index is -0.502. The van der Waals surface area contributed by atoms with Crippen LogP contribution in [0.2, 0.25) is 0 Å². The van der Waals surface area contributed by atoms with Gasteiger partial charge >= 0.3 is 0 Å². The summed E-state index contributed by atoms with van der Waals surface area (Å²) in [6.45, 7) is 0.258. The molecule has 6 nitrogen and oxygen atoms in total. The van der Waals surface area contributed by atoms with Gasteiger partial charge in [-0.1, -0.05) is 30.3 Å². The molecular weight excluding hydrogens is 272 g/mol. The predicted molar refractivity (Wildman–Crippen MR) is 76.8 cm³/mol. The number of amides is 1. The van der Waals surface area contributed by atoms with E-state index in [2.05, 4.69) is 5.32 Å². The Bertz CT molecular complexity index is 670. The summed E-state index contributed by atoms with van der Waals surface area (Å²) in [6.07, 6.45) is -0.0596. The summed E-state index contributed by atoms with van der Waals surface area (Å²) in [5.41, 5.74) is 1.06. The average Bonchev–Trinajstić information content (AvgIpc) is 2.45. The Hall–Kier alpha value is -2.89. The molecule has 2 aromatic carbocycles. The molecule has 0 fully saturated rings. The standard InChI is InChI=1S/C15H14N2O4/c18-13-6-3-4-11(8-13)10-16-15(19)9-12-5-1-2-7-14(12)17(20)21/h1-8,18H,9-10H2,(H,16,19). The molecule has 1 amide bonds. The number of phenols is 1. The molecule has 2 rings (SSSR count). The number of nitro groups is 1. The highest BCUT2D eigenvalue weighted by Gasteiger charge is 2.15. The number of nitrogens with one attached hydrogen (secondary N) is 1. The number of rotatable bonds is 5. The number of nitrogens with zero attached hydrogens (tertiary/aromatic N) is 1. The second-order valence-electron chi connectivity index (χ2n) is 4.51. The van der Waals surface area contributed by atoms with E-state index in [1.165, 1.54) is 6.07 Å². The van der Waals surface area contributed by atoms with Crippen LogP contribution in [-0.4, -0.2) is 15.9 Å². The largest absolute Gasteiger partial charge is 0.508 e. The van der Waals surface area contributed by atoms with Crippen molar-refractivity contribution >= 4 is 11.6 Å². The lowest BCUT2D eigenvalue weighted by molar-refractivity contribution is -0.385. The average molecular weight is 286 g/mol. The third kappa shape index (κ3) is 4.04. The van der Waals surface area contributed by atoms with E-state index in [9.17, 15) is 20.0 Å². The maximum absolute atomic E-state index is 11.8. The molecule has 0 aromatic heterocycles. The van der Waals surface area contributed by atoms with Crippen LogP contribution in [0.5, 0.6) is 5.75 Å². The van der Waals surface area contributed by atoms with Crippen LogP contribution in [0, 0.1) is 10.1 Å². The van der Waals surface area contributed by atoms with E-state index in [1.54, 1.807) is 42.5 Å². The smallest absolute Gasteiger partial charge is 0.273 e. The molecule has 0 unspecified atom stereocenters. The highest BCUT2D eigenvalue weighted by atomic mass is 16.6. The molecule has 0 aliphatic carbocycles. The SMILES string of the molecule is O=C(Cc1ccccc1[N+](=O)[O-])NCc1cccc(O)c1. The molecule has 0 heterocycles. The molecule has 2 aromatic rings. The molecule has 0 aliphatic heterocycles. The minimum absolute atomic E-state index is 0.0596. The van der Waals surface area contributed by atoms with E-state index >= 15 is 0 Å². The summed E-state index contributed by atoms with van der Waals surface area (Å²) in [4.78, 5) is 22.2. The van der Waals surface area contributed by atoms with Crippen molar-refractivity contribution in [3.8, 4) is 5.75 Å². The summed E-state index contributed by atoms with van der Waals surface area (Å²) in [5, 5.41) is 22.9. The lowest BCUT2D eigenvalue weighted by Crippen LogP contribution is -2.24. The Morgan fingerprint density at radius 3 is 2.67 bits per heavy atom. The molecule has 0 aliphatic rings. The molecular formula is C15H14N2O4. The Morgan fingerprint density at radius 1 is 1.19 bits per heavy atom. The third-order valence-electron chi connectivity index (χ3n) is 2.94. The fourth-order valence-electron chi connectivity index (χ4n) is 1.94. The van der Waals surface area contributed by atoms with E-state index in [1.807, 2.05) is 0 Å². The Labute approximate surface area is 121 Å². The number of benzene rings is 2. The number of carbonyl (C=O) groups excluding carboxylic acids is 1. The quantitative estimate of drug-likeness (QED) is 0.650. The summed E-state index contributed by atoms with van der Waals surface area (Å²) in [6, 6.07) is 12.7. The highest BCUT2D eigenvalue weighted by molar-refractivity contribution is 5.79. The van der Waals surface area contributed by atoms with Gasteiger partial charge < -0.3 is 10.4 Å². The Balaban J connectivity index is 1.98. The van der Waals surface area contributed by atoms with E-state index in [0.29, 0.717) is 5.56 Å². The van der Waals surface area contributed by atoms with Gasteiger partial charge in [-0.2, -0.15) is 0 Å². The fourth-order valence-corrected chi connectivity index (χ4v) is 1.94. The monoisotopic (exact) mass is 286 g/mol. The summed E-state index contributed by atoms with van der Waals surface area (Å²) in [7, 11) is 0. The number of nitro benzene ring substituents is 1. The molecule has 0 radical (unpaired) electrons. The van der Waals surface area contributed by atoms with Crippen LogP contribution >= 0.6 is 0 Å². The molecule has 108 valence electrons. The first kappa shape index (κ1) is 14.5. The van der Waals surface area contributed by atoms with E-state index < -0.39 is 4.92 Å². The normalized spacial score (nSPS) is 10.1. The number of hydrogen-bond donors (Lipinski definition) is 2. The lowest BCUT2D eigenvalue weighted by atomic mass is 10.1. The number of aromatic hydroxyl groups is 1. The molecule has 0 saturated heterocycles. The van der Waals surface area contributed by atoms with Gasteiger partial charge in [-0.05, 0) is 17.7 Å². The van der Waals surface area contributed by atoms with Crippen molar-refractivity contribution in [3.05, 3.63) is 69.8 Å². The van der Waals surface area contributed by atoms with Crippen LogP contribution in [0.25, 0.3) is 0 Å². The molecule has 0 atom stereocenters. The van der Waals surface area contributed by atoms with Crippen LogP contribution in [-0.2, 0) is 17.8 Å². The first-order chi connectivity index (χ1) is 10.1. The van der Waals surface area contributed by atoms with Crippen molar-refractivity contribution < 1.29 is 14.8 Å². The fraction of sp³-hybridized carbons (Fsp3) is 0.133. The van der Waals surface area contributed by atoms with Gasteiger partial charge in [0.2, 0.25) is 5.91 Å². The second kappa shape index (κ2) is 6.51. The van der Waals surface area contributed by atoms with Crippen LogP contribution < -0.4 is 5.32 Å². The van der Waals surface area contributed by atoms with Crippen molar-refractivity contribution in [1.82, 2.24) is 5.32 Å². The first-order valence-corrected chi connectivity index (χ1v) is 6.33. The molecule has 2 N–H and O–H groups in total.